The monoisotopic (exact) mass is 273 g/mol. The molecule has 0 radical (unpaired) electrons. The van der Waals surface area contributed by atoms with Gasteiger partial charge in [0.15, 0.2) is 0 Å². The van der Waals surface area contributed by atoms with E-state index in [-0.39, 0.29) is 11.9 Å². The fourth-order valence-corrected chi connectivity index (χ4v) is 2.71. The summed E-state index contributed by atoms with van der Waals surface area (Å²) < 4.78 is 0. The highest BCUT2D eigenvalue weighted by atomic mass is 16.3. The zero-order valence-electron chi connectivity index (χ0n) is 11.8. The number of anilines is 1. The smallest absolute Gasteiger partial charge is 0.242 e. The number of likely N-dealkylation sites (N-methyl/N-ethyl adjacent to an activating group) is 1. The van der Waals surface area contributed by atoms with Gasteiger partial charge in [-0.2, -0.15) is 5.26 Å². The lowest BCUT2D eigenvalue weighted by molar-refractivity contribution is -0.121. The van der Waals surface area contributed by atoms with Crippen molar-refractivity contribution in [2.75, 3.05) is 18.5 Å². The number of nitriles is 1. The molecule has 20 heavy (non-hydrogen) atoms. The van der Waals surface area contributed by atoms with Gasteiger partial charge in [0.25, 0.3) is 0 Å². The van der Waals surface area contributed by atoms with Crippen molar-refractivity contribution < 1.29 is 9.90 Å². The Morgan fingerprint density at radius 2 is 2.35 bits per heavy atom. The number of rotatable bonds is 3. The van der Waals surface area contributed by atoms with Crippen LogP contribution < -0.4 is 10.2 Å². The Labute approximate surface area is 118 Å². The second kappa shape index (κ2) is 5.93. The summed E-state index contributed by atoms with van der Waals surface area (Å²) >= 11 is 0. The molecular weight excluding hydrogens is 254 g/mol. The lowest BCUT2D eigenvalue weighted by atomic mass is 10.0. The molecule has 5 heteroatoms. The molecule has 1 heterocycles. The minimum atomic E-state index is -0.635. The summed E-state index contributed by atoms with van der Waals surface area (Å²) in [5.41, 5.74) is 2.07. The molecule has 1 saturated heterocycles. The van der Waals surface area contributed by atoms with E-state index >= 15 is 0 Å². The van der Waals surface area contributed by atoms with Crippen molar-refractivity contribution in [1.82, 2.24) is 5.32 Å². The van der Waals surface area contributed by atoms with Crippen LogP contribution in [0.5, 0.6) is 0 Å². The number of carbonyl (C=O) groups excluding carboxylic acids is 1. The lowest BCUT2D eigenvalue weighted by Gasteiger charge is -2.28. The molecule has 0 saturated carbocycles. The molecule has 1 amide bonds. The van der Waals surface area contributed by atoms with Gasteiger partial charge in [-0.25, -0.2) is 0 Å². The molecule has 2 atom stereocenters. The fraction of sp³-hybridized carbons (Fsp3) is 0.467. The van der Waals surface area contributed by atoms with Gasteiger partial charge >= 0.3 is 0 Å². The molecule has 1 aromatic rings. The van der Waals surface area contributed by atoms with Crippen molar-refractivity contribution in [3.05, 3.63) is 29.3 Å². The van der Waals surface area contributed by atoms with E-state index in [2.05, 4.69) is 11.4 Å². The van der Waals surface area contributed by atoms with Crippen LogP contribution >= 0.6 is 0 Å². The first-order valence-electron chi connectivity index (χ1n) is 6.78. The molecule has 106 valence electrons. The summed E-state index contributed by atoms with van der Waals surface area (Å²) in [4.78, 5) is 13.9. The molecule has 0 aliphatic carbocycles. The number of nitrogens with zero attached hydrogens (tertiary/aromatic N) is 2. The van der Waals surface area contributed by atoms with Gasteiger partial charge in [0.1, 0.15) is 6.04 Å². The third-order valence-electron chi connectivity index (χ3n) is 3.72. The van der Waals surface area contributed by atoms with E-state index in [9.17, 15) is 9.90 Å². The molecule has 1 fully saturated rings. The van der Waals surface area contributed by atoms with Crippen LogP contribution in [0, 0.1) is 11.3 Å². The summed E-state index contributed by atoms with van der Waals surface area (Å²) in [6.45, 7) is 2.45. The van der Waals surface area contributed by atoms with E-state index < -0.39 is 6.10 Å². The van der Waals surface area contributed by atoms with Crippen molar-refractivity contribution in [2.24, 2.45) is 0 Å². The number of benzene rings is 1. The normalized spacial score (nSPS) is 19.5. The highest BCUT2D eigenvalue weighted by molar-refractivity contribution is 5.86. The van der Waals surface area contributed by atoms with Gasteiger partial charge in [-0.3, -0.25) is 4.79 Å². The molecule has 5 nitrogen and oxygen atoms in total. The van der Waals surface area contributed by atoms with E-state index in [0.717, 1.165) is 30.6 Å². The maximum atomic E-state index is 12.0. The Balaban J connectivity index is 2.44. The van der Waals surface area contributed by atoms with Crippen molar-refractivity contribution in [2.45, 2.75) is 31.9 Å². The Bertz CT molecular complexity index is 549. The van der Waals surface area contributed by atoms with E-state index in [4.69, 9.17) is 5.26 Å². The van der Waals surface area contributed by atoms with E-state index in [1.54, 1.807) is 32.2 Å². The summed E-state index contributed by atoms with van der Waals surface area (Å²) in [6, 6.07) is 7.08. The number of nitrogens with one attached hydrogen (secondary N) is 1. The Morgan fingerprint density at radius 3 is 2.95 bits per heavy atom. The average Bonchev–Trinajstić information content (AvgIpc) is 2.94. The quantitative estimate of drug-likeness (QED) is 0.871. The van der Waals surface area contributed by atoms with Gasteiger partial charge in [-0.1, -0.05) is 6.07 Å². The van der Waals surface area contributed by atoms with Crippen LogP contribution in [-0.2, 0) is 4.79 Å². The molecule has 1 unspecified atom stereocenters. The third-order valence-corrected chi connectivity index (χ3v) is 3.72. The summed E-state index contributed by atoms with van der Waals surface area (Å²) in [7, 11) is 1.63. The molecule has 1 aliphatic heterocycles. The van der Waals surface area contributed by atoms with Gasteiger partial charge in [0.05, 0.1) is 17.7 Å². The molecule has 0 aromatic heterocycles. The average molecular weight is 273 g/mol. The topological polar surface area (TPSA) is 76.4 Å². The van der Waals surface area contributed by atoms with Crippen LogP contribution in [-0.4, -0.2) is 30.6 Å². The van der Waals surface area contributed by atoms with Gasteiger partial charge in [-0.15, -0.1) is 0 Å². The van der Waals surface area contributed by atoms with Gasteiger partial charge < -0.3 is 15.3 Å². The predicted octanol–water partition coefficient (Wildman–Crippen LogP) is 1.33. The number of hydrogen-bond donors (Lipinski definition) is 2. The lowest BCUT2D eigenvalue weighted by Crippen LogP contribution is -2.42. The molecule has 1 aliphatic rings. The number of amides is 1. The highest BCUT2D eigenvalue weighted by Crippen LogP contribution is 2.33. The number of carbonyl (C=O) groups is 1. The third kappa shape index (κ3) is 2.61. The van der Waals surface area contributed by atoms with Gasteiger partial charge in [0, 0.05) is 24.8 Å². The predicted molar refractivity (Wildman–Crippen MR) is 76.2 cm³/mol. The first-order valence-corrected chi connectivity index (χ1v) is 6.78. The fourth-order valence-electron chi connectivity index (χ4n) is 2.71. The zero-order chi connectivity index (χ0) is 14.7. The first-order chi connectivity index (χ1) is 9.58. The summed E-state index contributed by atoms with van der Waals surface area (Å²) in [5.74, 6) is -0.0265. The largest absolute Gasteiger partial charge is 0.389 e. The van der Waals surface area contributed by atoms with E-state index in [0.29, 0.717) is 5.56 Å². The maximum absolute atomic E-state index is 12.0. The molecule has 1 aromatic carbocycles. The van der Waals surface area contributed by atoms with Gasteiger partial charge in [0.2, 0.25) is 5.91 Å². The van der Waals surface area contributed by atoms with Crippen molar-refractivity contribution in [3.8, 4) is 6.07 Å². The minimum absolute atomic E-state index is 0.0265. The molecule has 0 bridgehead atoms. The molecular formula is C15H19N3O2. The van der Waals surface area contributed by atoms with Crippen molar-refractivity contribution in [1.29, 1.82) is 5.26 Å². The Morgan fingerprint density at radius 1 is 1.60 bits per heavy atom. The SMILES string of the molecule is CNC(=O)C1CCCN1c1cc(C#N)ccc1[C@@H](C)O. The van der Waals surface area contributed by atoms with Crippen LogP contribution in [0.3, 0.4) is 0 Å². The van der Waals surface area contributed by atoms with Crippen LogP contribution in [0.25, 0.3) is 0 Å². The maximum Gasteiger partial charge on any atom is 0.242 e. The van der Waals surface area contributed by atoms with Gasteiger partial charge in [-0.05, 0) is 31.9 Å². The Kier molecular flexibility index (Phi) is 4.26. The molecule has 0 spiro atoms. The second-order valence-electron chi connectivity index (χ2n) is 5.03. The summed E-state index contributed by atoms with van der Waals surface area (Å²) in [5, 5.41) is 21.6. The van der Waals surface area contributed by atoms with Crippen molar-refractivity contribution in [3.63, 3.8) is 0 Å². The number of aliphatic hydroxyl groups is 1. The van der Waals surface area contributed by atoms with Crippen LogP contribution in [0.4, 0.5) is 5.69 Å². The molecule has 2 N–H and O–H groups in total. The van der Waals surface area contributed by atoms with Crippen LogP contribution in [0.2, 0.25) is 0 Å². The second-order valence-corrected chi connectivity index (χ2v) is 5.03. The van der Waals surface area contributed by atoms with Crippen LogP contribution in [0.15, 0.2) is 18.2 Å². The number of hydrogen-bond acceptors (Lipinski definition) is 4. The number of aliphatic hydroxyl groups excluding tert-OH is 1. The minimum Gasteiger partial charge on any atom is -0.389 e. The summed E-state index contributed by atoms with van der Waals surface area (Å²) in [6.07, 6.45) is 1.08. The van der Waals surface area contributed by atoms with Crippen LogP contribution in [0.1, 0.15) is 37.0 Å². The molecule has 2 rings (SSSR count). The van der Waals surface area contributed by atoms with E-state index in [1.807, 2.05) is 4.90 Å². The van der Waals surface area contributed by atoms with Crippen molar-refractivity contribution >= 4 is 11.6 Å². The first kappa shape index (κ1) is 14.4. The Hall–Kier alpha value is -2.06. The highest BCUT2D eigenvalue weighted by Gasteiger charge is 2.32. The zero-order valence-corrected chi connectivity index (χ0v) is 11.8. The standard InChI is InChI=1S/C15H19N3O2/c1-10(19)12-6-5-11(9-16)8-14(12)18-7-3-4-13(18)15(20)17-2/h5-6,8,10,13,19H,3-4,7H2,1-2H3,(H,17,20)/t10-,13?/m1/s1. The van der Waals surface area contributed by atoms with E-state index in [1.165, 1.54) is 0 Å².